The van der Waals surface area contributed by atoms with Crippen molar-refractivity contribution in [1.29, 1.82) is 0 Å². The third-order valence-corrected chi connectivity index (χ3v) is 5.00. The van der Waals surface area contributed by atoms with Crippen LogP contribution in [0.1, 0.15) is 23.3 Å². The third-order valence-electron chi connectivity index (χ3n) is 3.77. The maximum absolute atomic E-state index is 14.1. The van der Waals surface area contributed by atoms with Crippen molar-refractivity contribution in [3.8, 4) is 0 Å². The van der Waals surface area contributed by atoms with Crippen LogP contribution >= 0.6 is 31.9 Å². The number of anilines is 2. The normalized spacial score (nSPS) is 13.5. The zero-order chi connectivity index (χ0) is 18.8. The fourth-order valence-electron chi connectivity index (χ4n) is 2.15. The lowest BCUT2D eigenvalue weighted by Gasteiger charge is -2.14. The molecule has 0 aliphatic heterocycles. The third kappa shape index (κ3) is 4.30. The number of nitrogens with one attached hydrogen (secondary N) is 2. The van der Waals surface area contributed by atoms with Crippen molar-refractivity contribution >= 4 is 49.1 Å². The standard InChI is InChI=1S/C16H15Br2FN4O3/c1-23-16(25)12(18)13(20-11-5-4-9(17)6-10(11)19)14(21-23)15(24)22-26-7-8-2-3-8/h4-6,8,20H,2-3,7H2,1H3,(H,22,24). The molecule has 138 valence electrons. The molecule has 1 aromatic heterocycles. The molecule has 26 heavy (non-hydrogen) atoms. The fourth-order valence-corrected chi connectivity index (χ4v) is 3.03. The fraction of sp³-hybridized carbons (Fsp3) is 0.312. The van der Waals surface area contributed by atoms with Gasteiger partial charge in [0.05, 0.1) is 18.0 Å². The minimum absolute atomic E-state index is 0.0573. The van der Waals surface area contributed by atoms with Gasteiger partial charge >= 0.3 is 0 Å². The Balaban J connectivity index is 1.92. The van der Waals surface area contributed by atoms with E-state index < -0.39 is 17.3 Å². The van der Waals surface area contributed by atoms with Crippen molar-refractivity contribution in [1.82, 2.24) is 15.3 Å². The monoisotopic (exact) mass is 488 g/mol. The summed E-state index contributed by atoms with van der Waals surface area (Å²) in [6, 6.07) is 4.38. The summed E-state index contributed by atoms with van der Waals surface area (Å²) in [6.07, 6.45) is 2.16. The molecule has 1 fully saturated rings. The van der Waals surface area contributed by atoms with E-state index in [2.05, 4.69) is 47.8 Å². The second-order valence-electron chi connectivity index (χ2n) is 5.90. The van der Waals surface area contributed by atoms with Gasteiger partial charge in [-0.25, -0.2) is 14.6 Å². The van der Waals surface area contributed by atoms with Gasteiger partial charge in [0.25, 0.3) is 11.5 Å². The first-order chi connectivity index (χ1) is 12.4. The molecule has 1 aliphatic rings. The van der Waals surface area contributed by atoms with E-state index in [0.717, 1.165) is 17.5 Å². The Kier molecular flexibility index (Phi) is 5.73. The molecule has 0 saturated heterocycles. The van der Waals surface area contributed by atoms with E-state index in [0.29, 0.717) is 17.0 Å². The van der Waals surface area contributed by atoms with Crippen LogP contribution in [0, 0.1) is 11.7 Å². The Hall–Kier alpha value is -1.78. The van der Waals surface area contributed by atoms with Crippen LogP contribution in [0.15, 0.2) is 31.9 Å². The second kappa shape index (κ2) is 7.85. The molecule has 2 aromatic rings. The summed E-state index contributed by atoms with van der Waals surface area (Å²) < 4.78 is 15.8. The maximum atomic E-state index is 14.1. The molecule has 1 heterocycles. The second-order valence-corrected chi connectivity index (χ2v) is 7.61. The first-order valence-electron chi connectivity index (χ1n) is 7.78. The molecule has 10 heteroatoms. The van der Waals surface area contributed by atoms with E-state index >= 15 is 0 Å². The number of nitrogens with zero attached hydrogens (tertiary/aromatic N) is 2. The van der Waals surface area contributed by atoms with E-state index in [1.54, 1.807) is 6.07 Å². The minimum atomic E-state index is -0.637. The quantitative estimate of drug-likeness (QED) is 0.608. The number of hydrogen-bond acceptors (Lipinski definition) is 5. The highest BCUT2D eigenvalue weighted by atomic mass is 79.9. The molecule has 0 spiro atoms. The van der Waals surface area contributed by atoms with Crippen molar-refractivity contribution in [2.24, 2.45) is 13.0 Å². The number of aromatic nitrogens is 2. The SMILES string of the molecule is Cn1nc(C(=O)NOCC2CC2)c(Nc2ccc(Br)cc2F)c(Br)c1=O. The molecular weight excluding hydrogens is 475 g/mol. The van der Waals surface area contributed by atoms with Crippen LogP contribution in [0.2, 0.25) is 0 Å². The number of halogens is 3. The van der Waals surface area contributed by atoms with Gasteiger partial charge in [-0.1, -0.05) is 15.9 Å². The largest absolute Gasteiger partial charge is 0.350 e. The highest BCUT2D eigenvalue weighted by molar-refractivity contribution is 9.10. The first kappa shape index (κ1) is 19.0. The average molecular weight is 490 g/mol. The lowest BCUT2D eigenvalue weighted by Crippen LogP contribution is -2.31. The predicted octanol–water partition coefficient (Wildman–Crippen LogP) is 3.26. The number of rotatable bonds is 6. The molecule has 1 aliphatic carbocycles. The van der Waals surface area contributed by atoms with Crippen molar-refractivity contribution < 1.29 is 14.0 Å². The van der Waals surface area contributed by atoms with E-state index in [1.165, 1.54) is 19.2 Å². The van der Waals surface area contributed by atoms with Crippen LogP contribution in [0.4, 0.5) is 15.8 Å². The van der Waals surface area contributed by atoms with Crippen LogP contribution in [0.25, 0.3) is 0 Å². The summed E-state index contributed by atoms with van der Waals surface area (Å²) in [4.78, 5) is 29.8. The zero-order valence-electron chi connectivity index (χ0n) is 13.7. The van der Waals surface area contributed by atoms with E-state index in [9.17, 15) is 14.0 Å². The highest BCUT2D eigenvalue weighted by Gasteiger charge is 2.24. The van der Waals surface area contributed by atoms with Crippen molar-refractivity contribution in [2.75, 3.05) is 11.9 Å². The van der Waals surface area contributed by atoms with Gasteiger partial charge in [0.1, 0.15) is 10.3 Å². The van der Waals surface area contributed by atoms with Gasteiger partial charge in [0.2, 0.25) is 0 Å². The van der Waals surface area contributed by atoms with Crippen molar-refractivity contribution in [2.45, 2.75) is 12.8 Å². The maximum Gasteiger partial charge on any atom is 0.297 e. The Morgan fingerprint density at radius 1 is 1.42 bits per heavy atom. The number of hydrogen-bond donors (Lipinski definition) is 2. The van der Waals surface area contributed by atoms with Crippen LogP contribution < -0.4 is 16.4 Å². The summed E-state index contributed by atoms with van der Waals surface area (Å²) in [5.41, 5.74) is 1.90. The van der Waals surface area contributed by atoms with Gasteiger partial charge < -0.3 is 5.32 Å². The van der Waals surface area contributed by atoms with E-state index in [1.807, 2.05) is 0 Å². The van der Waals surface area contributed by atoms with Gasteiger partial charge in [-0.3, -0.25) is 14.4 Å². The van der Waals surface area contributed by atoms with Crippen LogP contribution in [0.3, 0.4) is 0 Å². The summed E-state index contributed by atoms with van der Waals surface area (Å²) >= 11 is 6.34. The average Bonchev–Trinajstić information content (AvgIpc) is 3.41. The van der Waals surface area contributed by atoms with Crippen LogP contribution in [-0.2, 0) is 11.9 Å². The van der Waals surface area contributed by atoms with Crippen LogP contribution in [-0.4, -0.2) is 22.3 Å². The van der Waals surface area contributed by atoms with E-state index in [4.69, 9.17) is 4.84 Å². The minimum Gasteiger partial charge on any atom is -0.350 e. The predicted molar refractivity (Wildman–Crippen MR) is 101 cm³/mol. The summed E-state index contributed by atoms with van der Waals surface area (Å²) in [5, 5.41) is 6.74. The Morgan fingerprint density at radius 3 is 2.81 bits per heavy atom. The molecule has 1 saturated carbocycles. The molecule has 0 bridgehead atoms. The lowest BCUT2D eigenvalue weighted by atomic mass is 10.2. The number of carbonyl (C=O) groups is 1. The van der Waals surface area contributed by atoms with Crippen molar-refractivity contribution in [3.63, 3.8) is 0 Å². The molecule has 1 aromatic carbocycles. The number of aryl methyl sites for hydroxylation is 1. The lowest BCUT2D eigenvalue weighted by molar-refractivity contribution is 0.0265. The molecule has 0 radical (unpaired) electrons. The van der Waals surface area contributed by atoms with Gasteiger partial charge in [0, 0.05) is 11.5 Å². The topological polar surface area (TPSA) is 85.2 Å². The molecule has 2 N–H and O–H groups in total. The number of carbonyl (C=O) groups excluding carboxylic acids is 1. The number of amides is 1. The Bertz CT molecular complexity index is 915. The van der Waals surface area contributed by atoms with Gasteiger partial charge in [0.15, 0.2) is 5.69 Å². The first-order valence-corrected chi connectivity index (χ1v) is 9.36. The van der Waals surface area contributed by atoms with Crippen LogP contribution in [0.5, 0.6) is 0 Å². The van der Waals surface area contributed by atoms with Gasteiger partial charge in [-0.15, -0.1) is 0 Å². The zero-order valence-corrected chi connectivity index (χ0v) is 16.9. The molecule has 7 nitrogen and oxygen atoms in total. The Labute approximate surface area is 165 Å². The Morgan fingerprint density at radius 2 is 2.15 bits per heavy atom. The van der Waals surface area contributed by atoms with Gasteiger partial charge in [-0.05, 0) is 52.9 Å². The summed E-state index contributed by atoms with van der Waals surface area (Å²) in [5.74, 6) is -0.727. The summed E-state index contributed by atoms with van der Waals surface area (Å²) in [6.45, 7) is 0.419. The number of benzene rings is 1. The van der Waals surface area contributed by atoms with Crippen molar-refractivity contribution in [3.05, 3.63) is 49.0 Å². The molecule has 3 rings (SSSR count). The molecular formula is C16H15Br2FN4O3. The smallest absolute Gasteiger partial charge is 0.297 e. The highest BCUT2D eigenvalue weighted by Crippen LogP contribution is 2.30. The summed E-state index contributed by atoms with van der Waals surface area (Å²) in [7, 11) is 1.42. The number of hydroxylamine groups is 1. The van der Waals surface area contributed by atoms with E-state index in [-0.39, 0.29) is 21.5 Å². The molecule has 1 amide bonds. The van der Waals surface area contributed by atoms with Gasteiger partial charge in [-0.2, -0.15) is 5.10 Å². The molecule has 0 atom stereocenters. The molecule has 0 unspecified atom stereocenters.